The maximum Gasteiger partial charge on any atom is 0.102 e. The van der Waals surface area contributed by atoms with Crippen molar-refractivity contribution in [3.8, 4) is 0 Å². The predicted octanol–water partition coefficient (Wildman–Crippen LogP) is 4.00. The molecule has 1 unspecified atom stereocenters. The Morgan fingerprint density at radius 2 is 1.53 bits per heavy atom. The number of hydrogen-bond acceptors (Lipinski definition) is 4. The second-order valence-corrected chi connectivity index (χ2v) is 8.68. The van der Waals surface area contributed by atoms with E-state index in [0.29, 0.717) is 11.8 Å². The van der Waals surface area contributed by atoms with E-state index in [1.165, 1.54) is 28.4 Å². The normalized spacial score (nSPS) is 18.0. The van der Waals surface area contributed by atoms with Gasteiger partial charge in [0.1, 0.15) is 5.84 Å². The molecule has 4 nitrogen and oxygen atoms in total. The van der Waals surface area contributed by atoms with Gasteiger partial charge < -0.3 is 10.2 Å². The second kappa shape index (κ2) is 9.92. The minimum Gasteiger partial charge on any atom is -0.372 e. The highest BCUT2D eigenvalue weighted by molar-refractivity contribution is 5.86. The highest BCUT2D eigenvalue weighted by Crippen LogP contribution is 2.18. The number of hydrogen-bond donors (Lipinski definition) is 1. The van der Waals surface area contributed by atoms with Crippen molar-refractivity contribution in [2.45, 2.75) is 33.1 Å². The molecule has 2 atom stereocenters. The molecule has 0 aliphatic carbocycles. The van der Waals surface area contributed by atoms with Crippen molar-refractivity contribution in [3.63, 3.8) is 0 Å². The maximum absolute atomic E-state index is 4.85. The van der Waals surface area contributed by atoms with Crippen LogP contribution in [0.15, 0.2) is 64.6 Å². The molecule has 0 bridgehead atoms. The fraction of sp³-hybridized carbons (Fsp3) is 0.462. The van der Waals surface area contributed by atoms with Crippen LogP contribution in [0.3, 0.4) is 0 Å². The minimum absolute atomic E-state index is 0.449. The van der Waals surface area contributed by atoms with Crippen LogP contribution in [0.2, 0.25) is 0 Å². The van der Waals surface area contributed by atoms with Crippen molar-refractivity contribution in [3.05, 3.63) is 71.3 Å². The van der Waals surface area contributed by atoms with Crippen LogP contribution >= 0.6 is 0 Å². The highest BCUT2D eigenvalue weighted by Gasteiger charge is 2.22. The van der Waals surface area contributed by atoms with E-state index < -0.39 is 0 Å². The summed E-state index contributed by atoms with van der Waals surface area (Å²) in [5, 5.41) is 3.40. The fourth-order valence-corrected chi connectivity index (χ4v) is 4.56. The van der Waals surface area contributed by atoms with Gasteiger partial charge >= 0.3 is 0 Å². The lowest BCUT2D eigenvalue weighted by Crippen LogP contribution is -2.34. The van der Waals surface area contributed by atoms with Crippen molar-refractivity contribution in [2.24, 2.45) is 21.8 Å². The molecule has 30 heavy (non-hydrogen) atoms. The van der Waals surface area contributed by atoms with Crippen LogP contribution in [-0.4, -0.2) is 49.3 Å². The Morgan fingerprint density at radius 1 is 0.833 bits per heavy atom. The van der Waals surface area contributed by atoms with Gasteiger partial charge in [-0.15, -0.1) is 0 Å². The number of benzene rings is 2. The lowest BCUT2D eigenvalue weighted by Gasteiger charge is -2.25. The minimum atomic E-state index is 0.449. The van der Waals surface area contributed by atoms with Crippen molar-refractivity contribution >= 4 is 11.7 Å². The molecule has 2 aliphatic heterocycles. The van der Waals surface area contributed by atoms with E-state index in [1.807, 2.05) is 0 Å². The van der Waals surface area contributed by atoms with E-state index in [0.717, 1.165) is 52.0 Å². The lowest BCUT2D eigenvalue weighted by atomic mass is 9.95. The molecular formula is C26H34N4. The molecule has 4 heteroatoms. The summed E-state index contributed by atoms with van der Waals surface area (Å²) < 4.78 is 0. The largest absolute Gasteiger partial charge is 0.372 e. The van der Waals surface area contributed by atoms with E-state index >= 15 is 0 Å². The first-order chi connectivity index (χ1) is 14.7. The molecule has 2 heterocycles. The predicted molar refractivity (Wildman–Crippen MR) is 127 cm³/mol. The van der Waals surface area contributed by atoms with Gasteiger partial charge in [-0.05, 0) is 36.0 Å². The summed E-state index contributed by atoms with van der Waals surface area (Å²) in [5.74, 6) is 3.37. The quantitative estimate of drug-likeness (QED) is 0.689. The summed E-state index contributed by atoms with van der Waals surface area (Å²) in [6.07, 6.45) is 3.17. The van der Waals surface area contributed by atoms with Crippen LogP contribution in [0.25, 0.3) is 0 Å². The van der Waals surface area contributed by atoms with Crippen LogP contribution in [0.5, 0.6) is 0 Å². The van der Waals surface area contributed by atoms with Crippen LogP contribution < -0.4 is 5.32 Å². The lowest BCUT2D eigenvalue weighted by molar-refractivity contribution is 0.438. The Kier molecular flexibility index (Phi) is 6.83. The van der Waals surface area contributed by atoms with E-state index in [4.69, 9.17) is 4.99 Å². The van der Waals surface area contributed by atoms with E-state index in [9.17, 15) is 0 Å². The molecule has 2 aromatic rings. The van der Waals surface area contributed by atoms with Gasteiger partial charge in [0, 0.05) is 31.5 Å². The van der Waals surface area contributed by atoms with E-state index in [1.54, 1.807) is 0 Å². The zero-order chi connectivity index (χ0) is 20.8. The van der Waals surface area contributed by atoms with Gasteiger partial charge in [0.05, 0.1) is 18.9 Å². The molecule has 0 spiro atoms. The monoisotopic (exact) mass is 402 g/mol. The molecule has 0 radical (unpaired) electrons. The molecule has 1 N–H and O–H groups in total. The fourth-order valence-electron chi connectivity index (χ4n) is 4.56. The summed E-state index contributed by atoms with van der Waals surface area (Å²) in [7, 11) is 0. The van der Waals surface area contributed by atoms with Crippen molar-refractivity contribution in [1.82, 2.24) is 10.2 Å². The van der Waals surface area contributed by atoms with Gasteiger partial charge in [-0.25, -0.2) is 0 Å². The van der Waals surface area contributed by atoms with Crippen LogP contribution in [0.4, 0.5) is 0 Å². The SMILES string of the molecule is CC(Cc1ccc(C[C@H](C)C2=NCCN2)cc1)C1=NCCN1CCc1ccccc1. The molecule has 4 rings (SSSR count). The number of nitrogens with one attached hydrogen (secondary N) is 1. The first-order valence-electron chi connectivity index (χ1n) is 11.4. The number of aliphatic imine (C=N–C) groups is 2. The number of amidine groups is 2. The molecule has 0 aromatic heterocycles. The third-order valence-electron chi connectivity index (χ3n) is 6.20. The first kappa shape index (κ1) is 20.6. The van der Waals surface area contributed by atoms with Gasteiger partial charge in [0.15, 0.2) is 0 Å². The van der Waals surface area contributed by atoms with Crippen LogP contribution in [0, 0.1) is 11.8 Å². The van der Waals surface area contributed by atoms with Crippen LogP contribution in [-0.2, 0) is 19.3 Å². The van der Waals surface area contributed by atoms with E-state index in [-0.39, 0.29) is 0 Å². The van der Waals surface area contributed by atoms with Crippen molar-refractivity contribution in [2.75, 3.05) is 32.7 Å². The Hall–Kier alpha value is -2.62. The van der Waals surface area contributed by atoms with Crippen molar-refractivity contribution < 1.29 is 0 Å². The molecule has 0 saturated carbocycles. The van der Waals surface area contributed by atoms with Gasteiger partial charge in [-0.3, -0.25) is 9.98 Å². The Labute approximate surface area is 181 Å². The Morgan fingerprint density at radius 3 is 2.20 bits per heavy atom. The molecule has 0 saturated heterocycles. The number of nitrogens with zero attached hydrogens (tertiary/aromatic N) is 3. The zero-order valence-corrected chi connectivity index (χ0v) is 18.3. The Balaban J connectivity index is 1.29. The topological polar surface area (TPSA) is 40.0 Å². The summed E-state index contributed by atoms with van der Waals surface area (Å²) in [4.78, 5) is 11.9. The third kappa shape index (κ3) is 5.29. The highest BCUT2D eigenvalue weighted by atomic mass is 15.2. The molecule has 2 aliphatic rings. The third-order valence-corrected chi connectivity index (χ3v) is 6.20. The number of rotatable bonds is 9. The molecule has 0 fully saturated rings. The van der Waals surface area contributed by atoms with E-state index in [2.05, 4.69) is 83.7 Å². The van der Waals surface area contributed by atoms with Gasteiger partial charge in [0.25, 0.3) is 0 Å². The standard InChI is InChI=1S/C26H34N4/c1-20(25-27-13-14-28-25)18-23-8-10-24(11-9-23)19-21(2)26-29-15-17-30(26)16-12-22-6-4-3-5-7-22/h3-11,20-21H,12-19H2,1-2H3,(H,27,28)/t20-,21?/m0/s1. The van der Waals surface area contributed by atoms with Gasteiger partial charge in [0.2, 0.25) is 0 Å². The Bertz CT molecular complexity index is 870. The molecule has 158 valence electrons. The molecular weight excluding hydrogens is 368 g/mol. The first-order valence-corrected chi connectivity index (χ1v) is 11.4. The summed E-state index contributed by atoms with van der Waals surface area (Å²) in [6, 6.07) is 19.9. The van der Waals surface area contributed by atoms with Gasteiger partial charge in [-0.1, -0.05) is 68.4 Å². The summed E-state index contributed by atoms with van der Waals surface area (Å²) >= 11 is 0. The average molecular weight is 403 g/mol. The van der Waals surface area contributed by atoms with Gasteiger partial charge in [-0.2, -0.15) is 0 Å². The molecule has 0 amide bonds. The van der Waals surface area contributed by atoms with Crippen molar-refractivity contribution in [1.29, 1.82) is 0 Å². The second-order valence-electron chi connectivity index (χ2n) is 8.68. The zero-order valence-electron chi connectivity index (χ0n) is 18.3. The maximum atomic E-state index is 4.85. The average Bonchev–Trinajstić information content (AvgIpc) is 3.47. The molecule has 2 aromatic carbocycles. The summed E-state index contributed by atoms with van der Waals surface area (Å²) in [6.45, 7) is 9.53. The summed E-state index contributed by atoms with van der Waals surface area (Å²) in [5.41, 5.74) is 4.19. The smallest absolute Gasteiger partial charge is 0.102 e. The van der Waals surface area contributed by atoms with Crippen LogP contribution in [0.1, 0.15) is 30.5 Å².